The molecular formula is C15H17ClFNO3. The van der Waals surface area contributed by atoms with Gasteiger partial charge in [-0.25, -0.2) is 4.39 Å². The zero-order valence-corrected chi connectivity index (χ0v) is 12.9. The van der Waals surface area contributed by atoms with Gasteiger partial charge in [-0.3, -0.25) is 9.59 Å². The molecule has 0 unspecified atom stereocenters. The molecule has 0 aliphatic heterocycles. The molecule has 0 saturated heterocycles. The summed E-state index contributed by atoms with van der Waals surface area (Å²) in [5.41, 5.74) is 0.134. The lowest BCUT2D eigenvalue weighted by molar-refractivity contribution is -0.146. The first-order valence-corrected chi connectivity index (χ1v) is 6.74. The molecule has 1 amide bonds. The van der Waals surface area contributed by atoms with E-state index in [4.69, 9.17) is 11.6 Å². The summed E-state index contributed by atoms with van der Waals surface area (Å²) in [7, 11) is 1.25. The minimum Gasteiger partial charge on any atom is -0.468 e. The van der Waals surface area contributed by atoms with Crippen LogP contribution in [0.25, 0.3) is 6.08 Å². The molecule has 0 aromatic heterocycles. The Hall–Kier alpha value is -1.88. The smallest absolute Gasteiger partial charge is 0.325 e. The van der Waals surface area contributed by atoms with Crippen molar-refractivity contribution in [3.05, 3.63) is 40.7 Å². The largest absolute Gasteiger partial charge is 0.468 e. The number of esters is 1. The normalized spacial score (nSPS) is 11.0. The van der Waals surface area contributed by atoms with Gasteiger partial charge in [0.05, 0.1) is 12.1 Å². The molecule has 0 heterocycles. The van der Waals surface area contributed by atoms with Crippen molar-refractivity contribution in [3.63, 3.8) is 0 Å². The zero-order chi connectivity index (χ0) is 16.0. The molecule has 1 aromatic carbocycles. The van der Waals surface area contributed by atoms with Crippen molar-refractivity contribution in [1.29, 1.82) is 0 Å². The summed E-state index contributed by atoms with van der Waals surface area (Å²) < 4.78 is 18.1. The van der Waals surface area contributed by atoms with Crippen LogP contribution in [0.15, 0.2) is 24.3 Å². The Labute approximate surface area is 128 Å². The van der Waals surface area contributed by atoms with Crippen LogP contribution in [-0.4, -0.2) is 36.5 Å². The van der Waals surface area contributed by atoms with Crippen LogP contribution in [-0.2, 0) is 14.3 Å². The molecule has 0 N–H and O–H groups in total. The molecule has 0 radical (unpaired) electrons. The number of nitrogens with zero attached hydrogens (tertiary/aromatic N) is 1. The molecule has 21 heavy (non-hydrogen) atoms. The van der Waals surface area contributed by atoms with Crippen LogP contribution in [0.2, 0.25) is 5.02 Å². The maximum absolute atomic E-state index is 13.6. The highest BCUT2D eigenvalue weighted by atomic mass is 35.5. The Morgan fingerprint density at radius 2 is 2.10 bits per heavy atom. The van der Waals surface area contributed by atoms with Gasteiger partial charge in [-0.1, -0.05) is 17.7 Å². The van der Waals surface area contributed by atoms with Gasteiger partial charge in [0.1, 0.15) is 12.4 Å². The van der Waals surface area contributed by atoms with E-state index < -0.39 is 17.7 Å². The number of methoxy groups -OCH3 is 1. The lowest BCUT2D eigenvalue weighted by Gasteiger charge is -2.24. The molecule has 0 fully saturated rings. The second-order valence-corrected chi connectivity index (χ2v) is 5.01. The Bertz CT molecular complexity index is 538. The maximum atomic E-state index is 13.6. The van der Waals surface area contributed by atoms with Crippen LogP contribution in [0.5, 0.6) is 0 Å². The first kappa shape index (κ1) is 17.2. The van der Waals surface area contributed by atoms with Crippen molar-refractivity contribution >= 4 is 29.6 Å². The topological polar surface area (TPSA) is 46.6 Å². The zero-order valence-electron chi connectivity index (χ0n) is 12.1. The van der Waals surface area contributed by atoms with Gasteiger partial charge in [-0.2, -0.15) is 0 Å². The molecule has 0 spiro atoms. The fraction of sp³-hybridized carbons (Fsp3) is 0.333. The summed E-state index contributed by atoms with van der Waals surface area (Å²) in [5.74, 6) is -1.46. The first-order valence-electron chi connectivity index (χ1n) is 6.36. The fourth-order valence-electron chi connectivity index (χ4n) is 1.64. The molecule has 114 valence electrons. The quantitative estimate of drug-likeness (QED) is 0.620. The van der Waals surface area contributed by atoms with E-state index >= 15 is 0 Å². The van der Waals surface area contributed by atoms with E-state index in [9.17, 15) is 14.0 Å². The van der Waals surface area contributed by atoms with Crippen molar-refractivity contribution in [2.45, 2.75) is 19.9 Å². The molecule has 6 heteroatoms. The summed E-state index contributed by atoms with van der Waals surface area (Å²) in [5, 5.41) is 0.211. The third-order valence-electron chi connectivity index (χ3n) is 2.83. The van der Waals surface area contributed by atoms with Crippen LogP contribution in [0.4, 0.5) is 4.39 Å². The molecule has 1 aromatic rings. The number of halogens is 2. The number of hydrogen-bond donors (Lipinski definition) is 0. The Morgan fingerprint density at radius 3 is 2.62 bits per heavy atom. The van der Waals surface area contributed by atoms with E-state index in [1.165, 1.54) is 42.4 Å². The Balaban J connectivity index is 2.91. The Kier molecular flexibility index (Phi) is 6.37. The molecule has 0 aliphatic carbocycles. The second-order valence-electron chi connectivity index (χ2n) is 4.60. The third-order valence-corrected chi connectivity index (χ3v) is 3.16. The number of carbonyl (C=O) groups excluding carboxylic acids is 2. The molecule has 0 atom stereocenters. The molecule has 0 saturated carbocycles. The van der Waals surface area contributed by atoms with Crippen molar-refractivity contribution in [2.75, 3.05) is 13.7 Å². The average Bonchev–Trinajstić information content (AvgIpc) is 2.43. The van der Waals surface area contributed by atoms with E-state index in [1.54, 1.807) is 13.8 Å². The fourth-order valence-corrected chi connectivity index (χ4v) is 1.86. The monoisotopic (exact) mass is 313 g/mol. The number of hydrogen-bond acceptors (Lipinski definition) is 3. The number of rotatable bonds is 5. The average molecular weight is 314 g/mol. The molecule has 0 bridgehead atoms. The van der Waals surface area contributed by atoms with E-state index in [0.717, 1.165) is 0 Å². The highest BCUT2D eigenvalue weighted by Crippen LogP contribution is 2.20. The first-order chi connectivity index (χ1) is 9.86. The van der Waals surface area contributed by atoms with Crippen LogP contribution < -0.4 is 0 Å². The molecule has 4 nitrogen and oxygen atoms in total. The van der Waals surface area contributed by atoms with E-state index in [2.05, 4.69) is 4.74 Å². The highest BCUT2D eigenvalue weighted by Gasteiger charge is 2.18. The predicted octanol–water partition coefficient (Wildman–Crippen LogP) is 2.90. The van der Waals surface area contributed by atoms with Gasteiger partial charge in [0.15, 0.2) is 0 Å². The Morgan fingerprint density at radius 1 is 1.43 bits per heavy atom. The SMILES string of the molecule is COC(=O)CN(C(=O)C=Cc1c(F)cccc1Cl)C(C)C. The minimum absolute atomic E-state index is 0.134. The number of amides is 1. The summed E-state index contributed by atoms with van der Waals surface area (Å²) >= 11 is 5.87. The van der Waals surface area contributed by atoms with Crippen LogP contribution in [0, 0.1) is 5.82 Å². The summed E-state index contributed by atoms with van der Waals surface area (Å²) in [4.78, 5) is 24.7. The van der Waals surface area contributed by atoms with Crippen molar-refractivity contribution in [1.82, 2.24) is 4.90 Å². The molecular weight excluding hydrogens is 297 g/mol. The molecule has 0 aliphatic rings. The van der Waals surface area contributed by atoms with Gasteiger partial charge in [0, 0.05) is 17.7 Å². The third kappa shape index (κ3) is 4.86. The van der Waals surface area contributed by atoms with E-state index in [-0.39, 0.29) is 23.2 Å². The van der Waals surface area contributed by atoms with Crippen LogP contribution in [0.1, 0.15) is 19.4 Å². The van der Waals surface area contributed by atoms with E-state index in [0.29, 0.717) is 0 Å². The van der Waals surface area contributed by atoms with Gasteiger partial charge >= 0.3 is 5.97 Å². The second kappa shape index (κ2) is 7.78. The van der Waals surface area contributed by atoms with Gasteiger partial charge in [-0.15, -0.1) is 0 Å². The summed E-state index contributed by atoms with van der Waals surface area (Å²) in [6.07, 6.45) is 2.49. The summed E-state index contributed by atoms with van der Waals surface area (Å²) in [6.45, 7) is 3.37. The van der Waals surface area contributed by atoms with Crippen molar-refractivity contribution < 1.29 is 18.7 Å². The van der Waals surface area contributed by atoms with Gasteiger partial charge in [0.2, 0.25) is 5.91 Å². The van der Waals surface area contributed by atoms with Crippen LogP contribution >= 0.6 is 11.6 Å². The predicted molar refractivity (Wildman–Crippen MR) is 79.3 cm³/mol. The lowest BCUT2D eigenvalue weighted by atomic mass is 10.2. The van der Waals surface area contributed by atoms with E-state index in [1.807, 2.05) is 0 Å². The maximum Gasteiger partial charge on any atom is 0.325 e. The highest BCUT2D eigenvalue weighted by molar-refractivity contribution is 6.32. The molecule has 1 rings (SSSR count). The number of benzene rings is 1. The lowest BCUT2D eigenvalue weighted by Crippen LogP contribution is -2.40. The van der Waals surface area contributed by atoms with Gasteiger partial charge < -0.3 is 9.64 Å². The van der Waals surface area contributed by atoms with Crippen molar-refractivity contribution in [3.8, 4) is 0 Å². The number of carbonyl (C=O) groups is 2. The van der Waals surface area contributed by atoms with Gasteiger partial charge in [-0.05, 0) is 32.1 Å². The van der Waals surface area contributed by atoms with Crippen LogP contribution in [0.3, 0.4) is 0 Å². The summed E-state index contributed by atoms with van der Waals surface area (Å²) in [6, 6.07) is 4.07. The minimum atomic E-state index is -0.519. The van der Waals surface area contributed by atoms with Gasteiger partial charge in [0.25, 0.3) is 0 Å². The number of ether oxygens (including phenoxy) is 1. The standard InChI is InChI=1S/C15H17ClFNO3/c1-10(2)18(9-15(20)21-3)14(19)8-7-11-12(16)5-4-6-13(11)17/h4-8,10H,9H2,1-3H3. The van der Waals surface area contributed by atoms with Crippen molar-refractivity contribution in [2.24, 2.45) is 0 Å².